The molecule has 0 aromatic heterocycles. The van der Waals surface area contributed by atoms with Crippen molar-refractivity contribution >= 4 is 22.4 Å². The van der Waals surface area contributed by atoms with Gasteiger partial charge in [-0.1, -0.05) is 29.8 Å². The molecule has 0 saturated carbocycles. The largest absolute Gasteiger partial charge is 0.475 e. The molecule has 0 N–H and O–H groups in total. The number of benzene rings is 2. The molecular weight excluding hydrogens is 328 g/mol. The highest BCUT2D eigenvalue weighted by molar-refractivity contribution is 7.86. The molecule has 0 amide bonds. The quantitative estimate of drug-likeness (QED) is 0.699. The molecule has 21 heavy (non-hydrogen) atoms. The second-order valence-corrected chi connectivity index (χ2v) is 6.17. The van der Waals surface area contributed by atoms with E-state index in [2.05, 4.69) is 0 Å². The smallest absolute Gasteiger partial charge is 0.245 e. The molecule has 0 heterocycles. The Bertz CT molecular complexity index is 713. The first kappa shape index (κ1) is 16.0. The molecule has 1 unspecified atom stereocenters. The summed E-state index contributed by atoms with van der Waals surface area (Å²) in [5, 5.41) is 0.0856. The summed E-state index contributed by atoms with van der Waals surface area (Å²) in [6.45, 7) is 1.53. The lowest BCUT2D eigenvalue weighted by Gasteiger charge is -2.11. The van der Waals surface area contributed by atoms with E-state index in [0.717, 1.165) is 12.1 Å². The lowest BCUT2D eigenvalue weighted by Crippen LogP contribution is -2.16. The van der Waals surface area contributed by atoms with E-state index in [1.807, 2.05) is 0 Å². The predicted octanol–water partition coefficient (Wildman–Crippen LogP) is 5.08. The second kappa shape index (κ2) is 5.77. The zero-order valence-electron chi connectivity index (χ0n) is 10.7. The Morgan fingerprint density at radius 3 is 2.38 bits per heavy atom. The van der Waals surface area contributed by atoms with Crippen LogP contribution in [-0.4, -0.2) is 9.72 Å². The SMILES string of the molecule is Cc1cccc(-c2cc(S(=O)C(F)(F)F)ccc2Cl)c1F. The van der Waals surface area contributed by atoms with Gasteiger partial charge in [0.25, 0.3) is 0 Å². The number of halogens is 5. The zero-order valence-corrected chi connectivity index (χ0v) is 12.2. The highest BCUT2D eigenvalue weighted by atomic mass is 35.5. The summed E-state index contributed by atoms with van der Waals surface area (Å²) in [6.07, 6.45) is 0. The van der Waals surface area contributed by atoms with E-state index in [1.54, 1.807) is 6.07 Å². The molecule has 1 nitrogen and oxygen atoms in total. The van der Waals surface area contributed by atoms with Crippen molar-refractivity contribution in [2.75, 3.05) is 0 Å². The Morgan fingerprint density at radius 1 is 1.10 bits per heavy atom. The van der Waals surface area contributed by atoms with Gasteiger partial charge in [-0.25, -0.2) is 8.60 Å². The third kappa shape index (κ3) is 3.27. The van der Waals surface area contributed by atoms with Gasteiger partial charge in [-0.15, -0.1) is 0 Å². The van der Waals surface area contributed by atoms with Crippen molar-refractivity contribution in [1.29, 1.82) is 0 Å². The molecule has 0 spiro atoms. The van der Waals surface area contributed by atoms with Crippen molar-refractivity contribution in [3.8, 4) is 11.1 Å². The molecule has 2 rings (SSSR count). The average Bonchev–Trinajstić information content (AvgIpc) is 2.41. The maximum atomic E-state index is 14.1. The minimum Gasteiger partial charge on any atom is -0.245 e. The van der Waals surface area contributed by atoms with E-state index >= 15 is 0 Å². The van der Waals surface area contributed by atoms with Gasteiger partial charge < -0.3 is 0 Å². The summed E-state index contributed by atoms with van der Waals surface area (Å²) in [5.74, 6) is -0.575. The van der Waals surface area contributed by atoms with Gasteiger partial charge in [0.1, 0.15) is 5.82 Å². The van der Waals surface area contributed by atoms with Crippen LogP contribution < -0.4 is 0 Å². The van der Waals surface area contributed by atoms with E-state index in [-0.39, 0.29) is 16.1 Å². The van der Waals surface area contributed by atoms with Crippen LogP contribution in [0.15, 0.2) is 41.3 Å². The molecule has 0 saturated heterocycles. The van der Waals surface area contributed by atoms with Crippen LogP contribution in [0.5, 0.6) is 0 Å². The van der Waals surface area contributed by atoms with Gasteiger partial charge in [0.2, 0.25) is 0 Å². The highest BCUT2D eigenvalue weighted by Crippen LogP contribution is 2.35. The number of hydrogen-bond donors (Lipinski definition) is 0. The molecule has 0 aliphatic heterocycles. The maximum Gasteiger partial charge on any atom is 0.475 e. The fourth-order valence-corrected chi connectivity index (χ4v) is 2.72. The van der Waals surface area contributed by atoms with Crippen LogP contribution in [0.1, 0.15) is 5.56 Å². The van der Waals surface area contributed by atoms with Crippen molar-refractivity contribution in [3.63, 3.8) is 0 Å². The molecular formula is C14H9ClF4OS. The second-order valence-electron chi connectivity index (χ2n) is 4.29. The number of rotatable bonds is 2. The Hall–Kier alpha value is -1.40. The maximum absolute atomic E-state index is 14.1. The molecule has 0 fully saturated rings. The molecule has 0 bridgehead atoms. The first-order valence-electron chi connectivity index (χ1n) is 5.75. The molecule has 2 aromatic carbocycles. The van der Waals surface area contributed by atoms with E-state index in [4.69, 9.17) is 11.6 Å². The summed E-state index contributed by atoms with van der Waals surface area (Å²) in [6, 6.07) is 7.70. The molecule has 112 valence electrons. The van der Waals surface area contributed by atoms with E-state index in [9.17, 15) is 21.8 Å². The summed E-state index contributed by atoms with van der Waals surface area (Å²) in [7, 11) is -3.19. The van der Waals surface area contributed by atoms with Crippen LogP contribution in [0.4, 0.5) is 17.6 Å². The fraction of sp³-hybridized carbons (Fsp3) is 0.143. The summed E-state index contributed by atoms with van der Waals surface area (Å²) < 4.78 is 63.0. The Kier molecular flexibility index (Phi) is 4.39. The number of alkyl halides is 3. The first-order chi connectivity index (χ1) is 9.71. The fourth-order valence-electron chi connectivity index (χ4n) is 1.82. The normalized spacial score (nSPS) is 13.2. The van der Waals surface area contributed by atoms with Crippen LogP contribution >= 0.6 is 11.6 Å². The molecule has 1 atom stereocenters. The summed E-state index contributed by atoms with van der Waals surface area (Å²) in [5.41, 5.74) is -4.39. The van der Waals surface area contributed by atoms with Gasteiger partial charge in [0, 0.05) is 21.0 Å². The Balaban J connectivity index is 2.60. The van der Waals surface area contributed by atoms with Gasteiger partial charge in [0.15, 0.2) is 10.8 Å². The summed E-state index contributed by atoms with van der Waals surface area (Å²) >= 11 is 5.93. The van der Waals surface area contributed by atoms with Crippen LogP contribution in [-0.2, 0) is 10.8 Å². The van der Waals surface area contributed by atoms with Crippen molar-refractivity contribution in [1.82, 2.24) is 0 Å². The van der Waals surface area contributed by atoms with E-state index < -0.39 is 27.0 Å². The van der Waals surface area contributed by atoms with Crippen molar-refractivity contribution in [2.24, 2.45) is 0 Å². The topological polar surface area (TPSA) is 17.1 Å². The van der Waals surface area contributed by atoms with Gasteiger partial charge in [-0.05, 0) is 30.7 Å². The van der Waals surface area contributed by atoms with Gasteiger partial charge in [0.05, 0.1) is 0 Å². The van der Waals surface area contributed by atoms with Crippen LogP contribution in [0.2, 0.25) is 5.02 Å². The van der Waals surface area contributed by atoms with Gasteiger partial charge in [-0.3, -0.25) is 0 Å². The zero-order chi connectivity index (χ0) is 15.8. The van der Waals surface area contributed by atoms with Crippen LogP contribution in [0.25, 0.3) is 11.1 Å². The van der Waals surface area contributed by atoms with Crippen LogP contribution in [0.3, 0.4) is 0 Å². The number of hydrogen-bond acceptors (Lipinski definition) is 1. The lowest BCUT2D eigenvalue weighted by atomic mass is 10.0. The molecule has 2 aromatic rings. The standard InChI is InChI=1S/C14H9ClF4OS/c1-8-3-2-4-10(13(8)16)11-7-9(5-6-12(11)15)21(20)14(17,18)19/h2-7H,1H3. The van der Waals surface area contributed by atoms with Crippen LogP contribution in [0, 0.1) is 12.7 Å². The summed E-state index contributed by atoms with van der Waals surface area (Å²) in [4.78, 5) is -0.470. The third-order valence-corrected chi connectivity index (χ3v) is 4.28. The Morgan fingerprint density at radius 2 is 1.76 bits per heavy atom. The van der Waals surface area contributed by atoms with Crippen molar-refractivity contribution in [3.05, 3.63) is 52.8 Å². The predicted molar refractivity (Wildman–Crippen MR) is 74.0 cm³/mol. The van der Waals surface area contributed by atoms with Gasteiger partial charge >= 0.3 is 5.51 Å². The minimum atomic E-state index is -4.88. The lowest BCUT2D eigenvalue weighted by molar-refractivity contribution is -0.0384. The monoisotopic (exact) mass is 336 g/mol. The third-order valence-electron chi connectivity index (χ3n) is 2.84. The molecule has 7 heteroatoms. The number of aryl methyl sites for hydroxylation is 1. The Labute approximate surface area is 126 Å². The average molecular weight is 337 g/mol. The first-order valence-corrected chi connectivity index (χ1v) is 7.28. The van der Waals surface area contributed by atoms with Gasteiger partial charge in [-0.2, -0.15) is 13.2 Å². The highest BCUT2D eigenvalue weighted by Gasteiger charge is 2.38. The molecule has 0 radical (unpaired) electrons. The van der Waals surface area contributed by atoms with Crippen molar-refractivity contribution < 1.29 is 21.8 Å². The van der Waals surface area contributed by atoms with Crippen molar-refractivity contribution in [2.45, 2.75) is 17.3 Å². The molecule has 0 aliphatic carbocycles. The molecule has 0 aliphatic rings. The van der Waals surface area contributed by atoms with E-state index in [1.165, 1.54) is 25.1 Å². The minimum absolute atomic E-state index is 0.0704. The van der Waals surface area contributed by atoms with E-state index in [0.29, 0.717) is 5.56 Å².